The second-order valence-corrected chi connectivity index (χ2v) is 7.75. The Labute approximate surface area is 191 Å². The van der Waals surface area contributed by atoms with Gasteiger partial charge in [-0.25, -0.2) is 22.5 Å². The fraction of sp³-hybridized carbons (Fsp3) is 0.167. The third-order valence-electron chi connectivity index (χ3n) is 5.58. The Kier molecular flexibility index (Phi) is 5.76. The van der Waals surface area contributed by atoms with Gasteiger partial charge in [0.2, 0.25) is 5.88 Å². The largest absolute Gasteiger partial charge is 0.618 e. The summed E-state index contributed by atoms with van der Waals surface area (Å²) in [6, 6.07) is 9.12. The van der Waals surface area contributed by atoms with Gasteiger partial charge in [-0.05, 0) is 29.8 Å². The summed E-state index contributed by atoms with van der Waals surface area (Å²) in [5.41, 5.74) is -0.801. The molecule has 0 atom stereocenters. The standard InChI is InChI=1S/C24H18F4N4O2/c25-14-4-5-15(20(28)12-14)17-13-21(34-31-10-7-29-8-11-31)30-23-16(17)6-9-32(33)24(23)22-18(26)2-1-3-19(22)27/h1-6,9,12-13,29H,7-8,10-11H2. The molecule has 4 aromatic rings. The summed E-state index contributed by atoms with van der Waals surface area (Å²) >= 11 is 0. The van der Waals surface area contributed by atoms with E-state index in [0.717, 1.165) is 30.5 Å². The van der Waals surface area contributed by atoms with Crippen LogP contribution in [-0.2, 0) is 0 Å². The van der Waals surface area contributed by atoms with Gasteiger partial charge in [-0.2, -0.15) is 4.73 Å². The van der Waals surface area contributed by atoms with Crippen molar-refractivity contribution in [3.05, 3.63) is 83.2 Å². The van der Waals surface area contributed by atoms with Crippen LogP contribution in [0.4, 0.5) is 17.6 Å². The highest BCUT2D eigenvalue weighted by Crippen LogP contribution is 2.37. The number of hydrogen-bond donors (Lipinski definition) is 1. The van der Waals surface area contributed by atoms with Crippen LogP contribution in [0.5, 0.6) is 5.88 Å². The first-order valence-electron chi connectivity index (χ1n) is 10.5. The SMILES string of the molecule is [O-][n+]1ccc2c(-c3ccc(F)cc3F)cc(ON3CCNCC3)nc2c1-c1c(F)cccc1F. The molecular weight excluding hydrogens is 452 g/mol. The molecule has 5 rings (SSSR count). The molecular formula is C24H18F4N4O2. The lowest BCUT2D eigenvalue weighted by molar-refractivity contribution is -0.592. The highest BCUT2D eigenvalue weighted by molar-refractivity contribution is 6.00. The van der Waals surface area contributed by atoms with Crippen LogP contribution in [0.2, 0.25) is 0 Å². The number of hydroxylamine groups is 2. The second-order valence-electron chi connectivity index (χ2n) is 7.75. The molecule has 1 aliphatic rings. The van der Waals surface area contributed by atoms with E-state index in [9.17, 15) is 22.8 Å². The molecule has 2 aromatic heterocycles. The molecule has 0 amide bonds. The minimum absolute atomic E-state index is 0.00248. The molecule has 2 aromatic carbocycles. The van der Waals surface area contributed by atoms with Gasteiger partial charge in [0.05, 0.1) is 0 Å². The van der Waals surface area contributed by atoms with E-state index in [1.807, 2.05) is 0 Å². The average Bonchev–Trinajstić information content (AvgIpc) is 2.80. The van der Waals surface area contributed by atoms with Gasteiger partial charge >= 0.3 is 0 Å². The molecule has 0 spiro atoms. The zero-order valence-electron chi connectivity index (χ0n) is 17.7. The minimum Gasteiger partial charge on any atom is -0.618 e. The van der Waals surface area contributed by atoms with Gasteiger partial charge in [0.25, 0.3) is 5.69 Å². The predicted molar refractivity (Wildman–Crippen MR) is 116 cm³/mol. The molecule has 0 saturated carbocycles. The number of benzene rings is 2. The zero-order valence-corrected chi connectivity index (χ0v) is 17.7. The summed E-state index contributed by atoms with van der Waals surface area (Å²) in [6.07, 6.45) is 1.06. The molecule has 1 N–H and O–H groups in total. The number of hydrogen-bond acceptors (Lipinski definition) is 5. The fourth-order valence-corrected chi connectivity index (χ4v) is 4.00. The lowest BCUT2D eigenvalue weighted by Crippen LogP contribution is -2.45. The van der Waals surface area contributed by atoms with Crippen molar-refractivity contribution in [2.45, 2.75) is 0 Å². The van der Waals surface area contributed by atoms with E-state index in [1.165, 1.54) is 24.3 Å². The number of rotatable bonds is 4. The highest BCUT2D eigenvalue weighted by Gasteiger charge is 2.26. The van der Waals surface area contributed by atoms with Crippen LogP contribution in [0, 0.1) is 28.5 Å². The van der Waals surface area contributed by atoms with Gasteiger partial charge in [0.1, 0.15) is 34.3 Å². The molecule has 10 heteroatoms. The van der Waals surface area contributed by atoms with Gasteiger partial charge < -0.3 is 15.4 Å². The Morgan fingerprint density at radius 2 is 1.65 bits per heavy atom. The molecule has 1 saturated heterocycles. The van der Waals surface area contributed by atoms with Crippen LogP contribution in [0.15, 0.2) is 54.7 Å². The number of nitrogens with one attached hydrogen (secondary N) is 1. The Hall–Kier alpha value is -3.76. The summed E-state index contributed by atoms with van der Waals surface area (Å²) < 4.78 is 58.0. The number of piperazine rings is 1. The molecule has 3 heterocycles. The van der Waals surface area contributed by atoms with Crippen molar-refractivity contribution in [1.82, 2.24) is 15.4 Å². The van der Waals surface area contributed by atoms with Crippen molar-refractivity contribution in [2.24, 2.45) is 0 Å². The molecule has 174 valence electrons. The van der Waals surface area contributed by atoms with Gasteiger partial charge in [0.15, 0.2) is 6.20 Å². The minimum atomic E-state index is -0.957. The van der Waals surface area contributed by atoms with Crippen LogP contribution in [0.3, 0.4) is 0 Å². The maximum Gasteiger partial charge on any atom is 0.256 e. The first-order chi connectivity index (χ1) is 16.4. The van der Waals surface area contributed by atoms with E-state index in [2.05, 4.69) is 10.3 Å². The third kappa shape index (κ3) is 4.02. The monoisotopic (exact) mass is 470 g/mol. The lowest BCUT2D eigenvalue weighted by atomic mass is 9.98. The number of halogens is 4. The van der Waals surface area contributed by atoms with Gasteiger partial charge in [0, 0.05) is 55.3 Å². The number of nitrogens with zero attached hydrogens (tertiary/aromatic N) is 3. The van der Waals surface area contributed by atoms with Crippen LogP contribution in [0.25, 0.3) is 33.3 Å². The molecule has 0 unspecified atom stereocenters. The number of pyridine rings is 2. The Bertz CT molecular complexity index is 1370. The molecule has 1 aliphatic heterocycles. The molecule has 0 aliphatic carbocycles. The van der Waals surface area contributed by atoms with Crippen LogP contribution in [0.1, 0.15) is 0 Å². The van der Waals surface area contributed by atoms with Gasteiger partial charge in [-0.1, -0.05) is 6.07 Å². The zero-order chi connectivity index (χ0) is 23.8. The number of fused-ring (bicyclic) bond motifs is 1. The van der Waals surface area contributed by atoms with E-state index in [1.54, 1.807) is 5.06 Å². The van der Waals surface area contributed by atoms with E-state index in [4.69, 9.17) is 4.84 Å². The molecule has 0 radical (unpaired) electrons. The van der Waals surface area contributed by atoms with Crippen molar-refractivity contribution >= 4 is 10.9 Å². The second kappa shape index (κ2) is 8.88. The average molecular weight is 470 g/mol. The first kappa shape index (κ1) is 22.1. The summed E-state index contributed by atoms with van der Waals surface area (Å²) in [5.74, 6) is -3.53. The molecule has 6 nitrogen and oxygen atoms in total. The van der Waals surface area contributed by atoms with Crippen LogP contribution >= 0.6 is 0 Å². The summed E-state index contributed by atoms with van der Waals surface area (Å²) in [5, 5.41) is 17.8. The Balaban J connectivity index is 1.80. The van der Waals surface area contributed by atoms with E-state index in [0.29, 0.717) is 30.9 Å². The van der Waals surface area contributed by atoms with Crippen molar-refractivity contribution < 1.29 is 27.1 Å². The first-order valence-corrected chi connectivity index (χ1v) is 10.5. The molecule has 34 heavy (non-hydrogen) atoms. The van der Waals surface area contributed by atoms with Crippen molar-refractivity contribution in [3.8, 4) is 28.3 Å². The highest BCUT2D eigenvalue weighted by atomic mass is 19.1. The maximum absolute atomic E-state index is 14.8. The smallest absolute Gasteiger partial charge is 0.256 e. The quantitative estimate of drug-likeness (QED) is 0.278. The van der Waals surface area contributed by atoms with Crippen LogP contribution in [-0.4, -0.2) is 36.2 Å². The summed E-state index contributed by atoms with van der Waals surface area (Å²) in [6.45, 7) is 2.40. The third-order valence-corrected chi connectivity index (χ3v) is 5.58. The van der Waals surface area contributed by atoms with Gasteiger partial charge in [-0.15, -0.1) is 5.06 Å². The number of aromatic nitrogens is 2. The Morgan fingerprint density at radius 1 is 0.912 bits per heavy atom. The fourth-order valence-electron chi connectivity index (χ4n) is 4.00. The lowest BCUT2D eigenvalue weighted by Gasteiger charge is -2.26. The summed E-state index contributed by atoms with van der Waals surface area (Å²) in [4.78, 5) is 10.3. The molecule has 0 bridgehead atoms. The normalized spacial score (nSPS) is 14.5. The van der Waals surface area contributed by atoms with Crippen molar-refractivity contribution in [2.75, 3.05) is 26.2 Å². The molecule has 1 fully saturated rings. The predicted octanol–water partition coefficient (Wildman–Crippen LogP) is 3.96. The van der Waals surface area contributed by atoms with Crippen molar-refractivity contribution in [3.63, 3.8) is 0 Å². The van der Waals surface area contributed by atoms with Crippen molar-refractivity contribution in [1.29, 1.82) is 0 Å². The van der Waals surface area contributed by atoms with E-state index >= 15 is 0 Å². The van der Waals surface area contributed by atoms with Gasteiger partial charge in [-0.3, -0.25) is 0 Å². The van der Waals surface area contributed by atoms with E-state index in [-0.39, 0.29) is 33.6 Å². The van der Waals surface area contributed by atoms with E-state index < -0.39 is 28.8 Å². The maximum atomic E-state index is 14.8. The van der Waals surface area contributed by atoms with Crippen LogP contribution < -0.4 is 14.9 Å². The Morgan fingerprint density at radius 3 is 2.35 bits per heavy atom. The topological polar surface area (TPSA) is 64.3 Å². The summed E-state index contributed by atoms with van der Waals surface area (Å²) in [7, 11) is 0.